The van der Waals surface area contributed by atoms with E-state index in [4.69, 9.17) is 0 Å². The molecule has 1 aliphatic rings. The van der Waals surface area contributed by atoms with Gasteiger partial charge < -0.3 is 4.90 Å². The summed E-state index contributed by atoms with van der Waals surface area (Å²) in [4.78, 5) is 23.7. The Morgan fingerprint density at radius 3 is 2.46 bits per heavy atom. The highest BCUT2D eigenvalue weighted by atomic mass is 16.6. The Morgan fingerprint density at radius 2 is 1.85 bits per heavy atom. The average Bonchev–Trinajstić information content (AvgIpc) is 2.62. The molecule has 0 amide bonds. The van der Waals surface area contributed by atoms with E-state index in [2.05, 4.69) is 32.4 Å². The van der Waals surface area contributed by atoms with Gasteiger partial charge >= 0.3 is 5.69 Å². The van der Waals surface area contributed by atoms with Crippen LogP contribution in [0.3, 0.4) is 0 Å². The number of anilines is 2. The summed E-state index contributed by atoms with van der Waals surface area (Å²) < 4.78 is 0. The fourth-order valence-electron chi connectivity index (χ4n) is 3.02. The fourth-order valence-corrected chi connectivity index (χ4v) is 3.02. The van der Waals surface area contributed by atoms with Crippen molar-refractivity contribution >= 4 is 17.3 Å². The van der Waals surface area contributed by atoms with Crippen LogP contribution in [0.25, 0.3) is 0 Å². The molecule has 1 fully saturated rings. The second-order valence-corrected chi connectivity index (χ2v) is 6.41. The molecule has 1 N–H and O–H groups in total. The minimum Gasteiger partial charge on any atom is -0.348 e. The molecule has 9 nitrogen and oxygen atoms in total. The summed E-state index contributed by atoms with van der Waals surface area (Å²) in [5, 5.41) is 13.2. The van der Waals surface area contributed by atoms with Crippen LogP contribution in [0.15, 0.2) is 36.7 Å². The molecule has 0 atom stereocenters. The van der Waals surface area contributed by atoms with Crippen molar-refractivity contribution in [2.45, 2.75) is 6.54 Å². The highest BCUT2D eigenvalue weighted by molar-refractivity contribution is 5.70. The molecule has 0 unspecified atom stereocenters. The molecule has 26 heavy (non-hydrogen) atoms. The maximum atomic E-state index is 11.6. The normalized spacial score (nSPS) is 15.3. The number of piperazine rings is 1. The van der Waals surface area contributed by atoms with Gasteiger partial charge in [0.15, 0.2) is 0 Å². The Hall–Kier alpha value is -2.78. The summed E-state index contributed by atoms with van der Waals surface area (Å²) in [6.07, 6.45) is 1.37. The predicted octanol–water partition coefficient (Wildman–Crippen LogP) is 1.60. The number of benzene rings is 1. The first-order valence-corrected chi connectivity index (χ1v) is 8.49. The van der Waals surface area contributed by atoms with E-state index in [0.717, 1.165) is 19.6 Å². The van der Waals surface area contributed by atoms with Gasteiger partial charge in [-0.05, 0) is 5.56 Å². The van der Waals surface area contributed by atoms with E-state index < -0.39 is 4.92 Å². The summed E-state index contributed by atoms with van der Waals surface area (Å²) in [6, 6.07) is 10.3. The maximum absolute atomic E-state index is 11.6. The van der Waals surface area contributed by atoms with Gasteiger partial charge in [0, 0.05) is 46.8 Å². The lowest BCUT2D eigenvalue weighted by Gasteiger charge is -2.35. The molecule has 0 bridgehead atoms. The zero-order valence-electron chi connectivity index (χ0n) is 15.0. The molecule has 0 saturated carbocycles. The van der Waals surface area contributed by atoms with Crippen molar-refractivity contribution < 1.29 is 4.92 Å². The number of hydrazine groups is 1. The zero-order chi connectivity index (χ0) is 18.5. The van der Waals surface area contributed by atoms with Gasteiger partial charge in [0.1, 0.15) is 6.33 Å². The van der Waals surface area contributed by atoms with Crippen molar-refractivity contribution in [2.75, 3.05) is 50.6 Å². The molecule has 1 aromatic heterocycles. The lowest BCUT2D eigenvalue weighted by Crippen LogP contribution is -2.46. The van der Waals surface area contributed by atoms with Crippen LogP contribution in [0, 0.1) is 10.1 Å². The van der Waals surface area contributed by atoms with E-state index in [-0.39, 0.29) is 11.5 Å². The number of nitro groups is 1. The molecule has 9 heteroatoms. The first-order chi connectivity index (χ1) is 12.5. The summed E-state index contributed by atoms with van der Waals surface area (Å²) in [7, 11) is 3.52. The first-order valence-electron chi connectivity index (χ1n) is 8.49. The number of hydrogen-bond donors (Lipinski definition) is 1. The molecule has 0 aliphatic carbocycles. The van der Waals surface area contributed by atoms with Crippen LogP contribution >= 0.6 is 0 Å². The largest absolute Gasteiger partial charge is 0.354 e. The number of hydrogen-bond acceptors (Lipinski definition) is 8. The zero-order valence-corrected chi connectivity index (χ0v) is 15.0. The minimum atomic E-state index is -0.419. The van der Waals surface area contributed by atoms with Crippen molar-refractivity contribution in [2.24, 2.45) is 0 Å². The third-order valence-electron chi connectivity index (χ3n) is 4.24. The van der Waals surface area contributed by atoms with Crippen LogP contribution in [0.5, 0.6) is 0 Å². The lowest BCUT2D eigenvalue weighted by atomic mass is 10.2. The van der Waals surface area contributed by atoms with E-state index in [1.54, 1.807) is 19.1 Å². The van der Waals surface area contributed by atoms with E-state index in [9.17, 15) is 10.1 Å². The van der Waals surface area contributed by atoms with Crippen LogP contribution in [-0.4, -0.2) is 65.1 Å². The van der Waals surface area contributed by atoms with Crippen molar-refractivity contribution in [1.29, 1.82) is 0 Å². The molecule has 2 aromatic rings. The summed E-state index contributed by atoms with van der Waals surface area (Å²) in [5.74, 6) is 0.574. The number of nitrogens with zero attached hydrogens (tertiary/aromatic N) is 6. The Bertz CT molecular complexity index is 746. The van der Waals surface area contributed by atoms with Crippen LogP contribution in [0.2, 0.25) is 0 Å². The molecule has 1 saturated heterocycles. The number of rotatable bonds is 6. The van der Waals surface area contributed by atoms with E-state index in [1.807, 2.05) is 23.1 Å². The van der Waals surface area contributed by atoms with Crippen molar-refractivity contribution in [1.82, 2.24) is 19.9 Å². The summed E-state index contributed by atoms with van der Waals surface area (Å²) in [6.45, 7) is 3.91. The SMILES string of the molecule is CN(C)Nc1ncnc(N2CCN(Cc3ccccc3)CC2)c1[N+](=O)[O-]. The lowest BCUT2D eigenvalue weighted by molar-refractivity contribution is -0.383. The maximum Gasteiger partial charge on any atom is 0.354 e. The smallest absolute Gasteiger partial charge is 0.348 e. The summed E-state index contributed by atoms with van der Waals surface area (Å²) >= 11 is 0. The second-order valence-electron chi connectivity index (χ2n) is 6.41. The molecule has 138 valence electrons. The Balaban J connectivity index is 1.72. The van der Waals surface area contributed by atoms with E-state index in [0.29, 0.717) is 18.9 Å². The van der Waals surface area contributed by atoms with E-state index in [1.165, 1.54) is 11.9 Å². The van der Waals surface area contributed by atoms with Gasteiger partial charge in [0.05, 0.1) is 4.92 Å². The third-order valence-corrected chi connectivity index (χ3v) is 4.24. The standard InChI is InChI=1S/C17H23N7O2/c1-21(2)20-16-15(24(25)26)17(19-13-18-16)23-10-8-22(9-11-23)12-14-6-4-3-5-7-14/h3-7,13H,8-12H2,1-2H3,(H,18,19,20). The van der Waals surface area contributed by atoms with E-state index >= 15 is 0 Å². The molecule has 3 rings (SSSR count). The molecule has 0 spiro atoms. The second kappa shape index (κ2) is 8.07. The van der Waals surface area contributed by atoms with Crippen LogP contribution < -0.4 is 10.3 Å². The first kappa shape index (κ1) is 18.0. The summed E-state index contributed by atoms with van der Waals surface area (Å²) in [5.41, 5.74) is 4.06. The van der Waals surface area contributed by atoms with Gasteiger partial charge in [-0.2, -0.15) is 0 Å². The number of aromatic nitrogens is 2. The highest BCUT2D eigenvalue weighted by Gasteiger charge is 2.29. The third kappa shape index (κ3) is 4.24. The topological polar surface area (TPSA) is 90.7 Å². The Morgan fingerprint density at radius 1 is 1.15 bits per heavy atom. The van der Waals surface area contributed by atoms with Crippen molar-refractivity contribution in [3.05, 3.63) is 52.3 Å². The molecule has 1 aromatic carbocycles. The average molecular weight is 357 g/mol. The minimum absolute atomic E-state index is 0.0855. The van der Waals surface area contributed by atoms with Gasteiger partial charge in [-0.15, -0.1) is 0 Å². The van der Waals surface area contributed by atoms with Gasteiger partial charge in [-0.1, -0.05) is 30.3 Å². The van der Waals surface area contributed by atoms with Crippen molar-refractivity contribution in [3.63, 3.8) is 0 Å². The molecular weight excluding hydrogens is 334 g/mol. The molecular formula is C17H23N7O2. The number of nitrogens with one attached hydrogen (secondary N) is 1. The quantitative estimate of drug-likeness (QED) is 0.616. The van der Waals surface area contributed by atoms with Crippen molar-refractivity contribution in [3.8, 4) is 0 Å². The predicted molar refractivity (Wildman–Crippen MR) is 99.9 cm³/mol. The van der Waals surface area contributed by atoms with Crippen LogP contribution in [-0.2, 0) is 6.54 Å². The molecule has 0 radical (unpaired) electrons. The molecule has 1 aliphatic heterocycles. The van der Waals surface area contributed by atoms with Crippen LogP contribution in [0.4, 0.5) is 17.3 Å². The monoisotopic (exact) mass is 357 g/mol. The Labute approximate surface area is 152 Å². The van der Waals surface area contributed by atoms with Gasteiger partial charge in [-0.25, -0.2) is 15.0 Å². The Kier molecular flexibility index (Phi) is 5.59. The fraction of sp³-hybridized carbons (Fsp3) is 0.412. The van der Waals surface area contributed by atoms with Gasteiger partial charge in [-0.3, -0.25) is 20.4 Å². The van der Waals surface area contributed by atoms with Gasteiger partial charge in [0.25, 0.3) is 0 Å². The van der Waals surface area contributed by atoms with Gasteiger partial charge in [0.2, 0.25) is 11.6 Å². The highest BCUT2D eigenvalue weighted by Crippen LogP contribution is 2.32. The molecule has 2 heterocycles. The van der Waals surface area contributed by atoms with Crippen LogP contribution in [0.1, 0.15) is 5.56 Å².